The Bertz CT molecular complexity index is 521. The zero-order valence-electron chi connectivity index (χ0n) is 16.7. The number of aryl methyl sites for hydroxylation is 1. The summed E-state index contributed by atoms with van der Waals surface area (Å²) in [7, 11) is 4.50. The third-order valence-electron chi connectivity index (χ3n) is 5.43. The molecule has 1 saturated heterocycles. The molecule has 0 aromatic heterocycles. The minimum absolute atomic E-state index is 0.102. The van der Waals surface area contributed by atoms with Crippen molar-refractivity contribution in [1.82, 2.24) is 0 Å². The Labute approximate surface area is 149 Å². The Morgan fingerprint density at radius 1 is 0.917 bits per heavy atom. The first-order chi connectivity index (χ1) is 11.0. The fraction of sp³-hybridized carbons (Fsp3) is 0.700. The van der Waals surface area contributed by atoms with Crippen LogP contribution in [0, 0.1) is 0 Å². The summed E-state index contributed by atoms with van der Waals surface area (Å²) in [6.45, 7) is 13.0. The molecule has 0 bridgehead atoms. The quantitative estimate of drug-likeness (QED) is 0.547. The van der Waals surface area contributed by atoms with Gasteiger partial charge in [-0.05, 0) is 52.4 Å². The highest BCUT2D eigenvalue weighted by Gasteiger charge is 2.50. The smallest absolute Gasteiger partial charge is 0.403 e. The monoisotopic (exact) mass is 332 g/mol. The molecule has 1 aliphatic heterocycles. The van der Waals surface area contributed by atoms with Gasteiger partial charge in [0, 0.05) is 5.56 Å². The molecule has 0 unspecified atom stereocenters. The maximum atomic E-state index is 6.08. The summed E-state index contributed by atoms with van der Waals surface area (Å²) < 4.78 is 13.2. The van der Waals surface area contributed by atoms with Crippen LogP contribution in [0.4, 0.5) is 0 Å². The van der Waals surface area contributed by atoms with E-state index < -0.39 is 0 Å². The van der Waals surface area contributed by atoms with Crippen LogP contribution >= 0.6 is 0 Å². The zero-order chi connectivity index (χ0) is 18.0. The molecule has 1 aliphatic rings. The zero-order valence-corrected chi connectivity index (χ0v) is 16.7. The molecule has 0 atom stereocenters. The molecular formula is C20H35BNO2+. The van der Waals surface area contributed by atoms with Gasteiger partial charge in [-0.15, -0.1) is 0 Å². The van der Waals surface area contributed by atoms with Gasteiger partial charge in [-0.25, -0.2) is 0 Å². The van der Waals surface area contributed by atoms with E-state index in [2.05, 4.69) is 73.0 Å². The summed E-state index contributed by atoms with van der Waals surface area (Å²) in [5.41, 5.74) is 2.30. The van der Waals surface area contributed by atoms with Crippen molar-refractivity contribution in [1.29, 1.82) is 0 Å². The average Bonchev–Trinajstić information content (AvgIpc) is 2.65. The van der Waals surface area contributed by atoms with Gasteiger partial charge < -0.3 is 13.8 Å². The van der Waals surface area contributed by atoms with Crippen molar-refractivity contribution in [3.05, 3.63) is 35.4 Å². The van der Waals surface area contributed by atoms with E-state index in [-0.39, 0.29) is 18.3 Å². The highest BCUT2D eigenvalue weighted by Crippen LogP contribution is 2.37. The summed E-state index contributed by atoms with van der Waals surface area (Å²) in [5, 5.41) is 0. The minimum Gasteiger partial charge on any atom is -0.403 e. The Morgan fingerprint density at radius 3 is 1.92 bits per heavy atom. The third-order valence-corrected chi connectivity index (χ3v) is 5.43. The molecule has 2 rings (SSSR count). The second kappa shape index (κ2) is 7.19. The maximum Gasteiger partial charge on any atom is 0.458 e. The third kappa shape index (κ3) is 4.84. The molecule has 0 saturated carbocycles. The number of hydrogen-bond donors (Lipinski definition) is 0. The Kier molecular flexibility index (Phi) is 5.84. The first kappa shape index (κ1) is 19.5. The van der Waals surface area contributed by atoms with Crippen molar-refractivity contribution in [3.63, 3.8) is 0 Å². The summed E-state index contributed by atoms with van der Waals surface area (Å²) in [6.07, 6.45) is 3.12. The van der Waals surface area contributed by atoms with E-state index in [0.29, 0.717) is 0 Å². The largest absolute Gasteiger partial charge is 0.458 e. The summed E-state index contributed by atoms with van der Waals surface area (Å²) >= 11 is 0. The van der Waals surface area contributed by atoms with E-state index in [1.54, 1.807) is 0 Å². The van der Waals surface area contributed by atoms with Crippen LogP contribution in [-0.4, -0.2) is 43.4 Å². The Morgan fingerprint density at radius 2 is 1.42 bits per heavy atom. The number of quaternary nitrogens is 1. The standard InChI is InChI=1S/C20H35BNO2/c1-8-15-22(6,7)16-18-11-9-17(10-12-18)13-14-21-23-19(2,3)20(4,5)24-21/h9-12H,8,13-16H2,1-7H3/q+1. The van der Waals surface area contributed by atoms with E-state index in [1.807, 2.05) is 0 Å². The van der Waals surface area contributed by atoms with Gasteiger partial charge in [0.05, 0.1) is 31.8 Å². The van der Waals surface area contributed by atoms with Crippen molar-refractivity contribution in [2.24, 2.45) is 0 Å². The van der Waals surface area contributed by atoms with Crippen molar-refractivity contribution in [3.8, 4) is 0 Å². The predicted molar refractivity (Wildman–Crippen MR) is 102 cm³/mol. The first-order valence-electron chi connectivity index (χ1n) is 9.30. The van der Waals surface area contributed by atoms with Crippen LogP contribution in [0.5, 0.6) is 0 Å². The topological polar surface area (TPSA) is 18.5 Å². The second-order valence-electron chi connectivity index (χ2n) is 8.86. The van der Waals surface area contributed by atoms with E-state index in [9.17, 15) is 0 Å². The molecule has 3 nitrogen and oxygen atoms in total. The molecular weight excluding hydrogens is 297 g/mol. The SMILES string of the molecule is CCC[N+](C)(C)Cc1ccc(CCB2OC(C)(C)C(C)(C)O2)cc1. The molecule has 1 aromatic rings. The number of hydrogen-bond acceptors (Lipinski definition) is 2. The lowest BCUT2D eigenvalue weighted by atomic mass is 9.81. The van der Waals surface area contributed by atoms with Crippen LogP contribution < -0.4 is 0 Å². The van der Waals surface area contributed by atoms with Crippen molar-refractivity contribution >= 4 is 7.12 Å². The van der Waals surface area contributed by atoms with Gasteiger partial charge in [0.15, 0.2) is 0 Å². The molecule has 0 aliphatic carbocycles. The van der Waals surface area contributed by atoms with Gasteiger partial charge in [0.1, 0.15) is 6.54 Å². The summed E-state index contributed by atoms with van der Waals surface area (Å²) in [4.78, 5) is 0. The average molecular weight is 332 g/mol. The normalized spacial score (nSPS) is 19.7. The fourth-order valence-corrected chi connectivity index (χ4v) is 3.36. The molecule has 0 N–H and O–H groups in total. The van der Waals surface area contributed by atoms with Crippen LogP contribution in [0.25, 0.3) is 0 Å². The van der Waals surface area contributed by atoms with E-state index in [4.69, 9.17) is 9.31 Å². The molecule has 0 radical (unpaired) electrons. The highest BCUT2D eigenvalue weighted by atomic mass is 16.7. The molecule has 4 heteroatoms. The number of rotatable bonds is 7. The maximum absolute atomic E-state index is 6.08. The lowest BCUT2D eigenvalue weighted by Crippen LogP contribution is -2.41. The van der Waals surface area contributed by atoms with Crippen LogP contribution in [0.1, 0.15) is 52.2 Å². The van der Waals surface area contributed by atoms with Crippen molar-refractivity contribution in [2.75, 3.05) is 20.6 Å². The molecule has 0 amide bonds. The van der Waals surface area contributed by atoms with Crippen molar-refractivity contribution < 1.29 is 13.8 Å². The minimum atomic E-state index is -0.232. The lowest BCUT2D eigenvalue weighted by Gasteiger charge is -2.32. The molecule has 134 valence electrons. The Hall–Kier alpha value is -0.835. The van der Waals surface area contributed by atoms with Gasteiger partial charge in [-0.2, -0.15) is 0 Å². The molecule has 0 spiro atoms. The molecule has 1 heterocycles. The summed E-state index contributed by atoms with van der Waals surface area (Å²) in [5.74, 6) is 0. The van der Waals surface area contributed by atoms with Gasteiger partial charge >= 0.3 is 7.12 Å². The van der Waals surface area contributed by atoms with E-state index >= 15 is 0 Å². The van der Waals surface area contributed by atoms with Crippen LogP contribution in [0.3, 0.4) is 0 Å². The lowest BCUT2D eigenvalue weighted by molar-refractivity contribution is -0.903. The molecule has 1 fully saturated rings. The molecule has 24 heavy (non-hydrogen) atoms. The highest BCUT2D eigenvalue weighted by molar-refractivity contribution is 6.45. The first-order valence-corrected chi connectivity index (χ1v) is 9.30. The van der Waals surface area contributed by atoms with Crippen LogP contribution in [-0.2, 0) is 22.3 Å². The van der Waals surface area contributed by atoms with Gasteiger partial charge in [-0.1, -0.05) is 31.2 Å². The fourth-order valence-electron chi connectivity index (χ4n) is 3.36. The van der Waals surface area contributed by atoms with Crippen LogP contribution in [0.15, 0.2) is 24.3 Å². The van der Waals surface area contributed by atoms with E-state index in [0.717, 1.165) is 23.8 Å². The van der Waals surface area contributed by atoms with Gasteiger partial charge in [0.2, 0.25) is 0 Å². The van der Waals surface area contributed by atoms with Crippen LogP contribution in [0.2, 0.25) is 6.32 Å². The van der Waals surface area contributed by atoms with Gasteiger partial charge in [0.25, 0.3) is 0 Å². The van der Waals surface area contributed by atoms with E-state index in [1.165, 1.54) is 24.1 Å². The predicted octanol–water partition coefficient (Wildman–Crippen LogP) is 4.31. The second-order valence-corrected chi connectivity index (χ2v) is 8.86. The van der Waals surface area contributed by atoms with Gasteiger partial charge in [-0.3, -0.25) is 0 Å². The Balaban J connectivity index is 1.87. The van der Waals surface area contributed by atoms with Crippen molar-refractivity contribution in [2.45, 2.75) is 71.5 Å². The molecule has 1 aromatic carbocycles. The number of benzene rings is 1. The summed E-state index contributed by atoms with van der Waals surface area (Å²) in [6, 6.07) is 9.06. The number of nitrogens with zero attached hydrogens (tertiary/aromatic N) is 1.